The number of nitrogens with one attached hydrogen (secondary N) is 1. The van der Waals surface area contributed by atoms with Crippen LogP contribution in [0, 0.1) is 0 Å². The highest BCUT2D eigenvalue weighted by Gasteiger charge is 2.30. The molecule has 1 aliphatic heterocycles. The predicted molar refractivity (Wildman–Crippen MR) is 150 cm³/mol. The molecule has 1 saturated heterocycles. The van der Waals surface area contributed by atoms with E-state index < -0.39 is 0 Å². The molecule has 5 N–H and O–H groups in total. The minimum Gasteiger partial charge on any atom is -0.457 e. The van der Waals surface area contributed by atoms with Gasteiger partial charge in [-0.15, -0.1) is 0 Å². The molecule has 2 aromatic carbocycles. The smallest absolute Gasteiger partial charge is 0.187 e. The highest BCUT2D eigenvalue weighted by Crippen LogP contribution is 2.36. The average molecular weight is 513 g/mol. The Morgan fingerprint density at radius 3 is 2.45 bits per heavy atom. The minimum atomic E-state index is 0.333. The van der Waals surface area contributed by atoms with Crippen LogP contribution in [0.1, 0.15) is 43.0 Å². The molecule has 0 atom stereocenters. The molecule has 9 heteroatoms. The van der Waals surface area contributed by atoms with Crippen molar-refractivity contribution in [2.75, 3.05) is 39.0 Å². The molecule has 0 unspecified atom stereocenters. The van der Waals surface area contributed by atoms with Crippen molar-refractivity contribution in [1.82, 2.24) is 30.0 Å². The van der Waals surface area contributed by atoms with Crippen LogP contribution in [-0.4, -0.2) is 69.2 Å². The molecule has 0 radical (unpaired) electrons. The third-order valence-electron chi connectivity index (χ3n) is 8.09. The van der Waals surface area contributed by atoms with E-state index in [1.54, 1.807) is 0 Å². The lowest BCUT2D eigenvalue weighted by atomic mass is 9.84. The predicted octanol–water partition coefficient (Wildman–Crippen LogP) is 4.13. The quantitative estimate of drug-likeness (QED) is 0.353. The number of anilines is 1. The zero-order valence-corrected chi connectivity index (χ0v) is 21.9. The first-order chi connectivity index (χ1) is 18.6. The lowest BCUT2D eigenvalue weighted by molar-refractivity contribution is 0.0873. The first-order valence-corrected chi connectivity index (χ1v) is 13.6. The van der Waals surface area contributed by atoms with Crippen molar-refractivity contribution in [3.63, 3.8) is 0 Å². The molecular weight excluding hydrogens is 476 g/mol. The molecule has 1 saturated carbocycles. The molecule has 4 aromatic rings. The van der Waals surface area contributed by atoms with E-state index in [4.69, 9.17) is 26.2 Å². The zero-order chi connectivity index (χ0) is 26.1. The number of nitrogens with zero attached hydrogens (tertiary/aromatic N) is 5. The van der Waals surface area contributed by atoms with Gasteiger partial charge in [0.15, 0.2) is 5.65 Å². The third-order valence-corrected chi connectivity index (χ3v) is 8.09. The molecule has 1 aliphatic carbocycles. The summed E-state index contributed by atoms with van der Waals surface area (Å²) in [5.74, 6) is 3.14. The summed E-state index contributed by atoms with van der Waals surface area (Å²) in [6.45, 7) is 5.15. The van der Waals surface area contributed by atoms with Crippen LogP contribution in [0.15, 0.2) is 48.5 Å². The second kappa shape index (κ2) is 10.7. The third kappa shape index (κ3) is 5.09. The number of H-pyrrole nitrogens is 1. The van der Waals surface area contributed by atoms with Gasteiger partial charge in [-0.2, -0.15) is 5.10 Å². The van der Waals surface area contributed by atoms with Crippen molar-refractivity contribution in [3.8, 4) is 22.8 Å². The Morgan fingerprint density at radius 2 is 1.71 bits per heavy atom. The number of aromatic nitrogens is 4. The Balaban J connectivity index is 1.15. The Hall–Kier alpha value is -3.53. The fraction of sp³-hybridized carbons (Fsp3) is 0.414. The number of hydrogen-bond donors (Lipinski definition) is 3. The Bertz CT molecular complexity index is 1390. The van der Waals surface area contributed by atoms with Crippen molar-refractivity contribution in [3.05, 3.63) is 59.9 Å². The molecule has 38 heavy (non-hydrogen) atoms. The van der Waals surface area contributed by atoms with Gasteiger partial charge in [-0.3, -0.25) is 10.00 Å². The van der Waals surface area contributed by atoms with Gasteiger partial charge in [0.1, 0.15) is 23.1 Å². The van der Waals surface area contributed by atoms with Crippen LogP contribution in [0.4, 0.5) is 5.82 Å². The van der Waals surface area contributed by atoms with Crippen LogP contribution < -0.4 is 16.2 Å². The Labute approximate surface area is 223 Å². The van der Waals surface area contributed by atoms with Gasteiger partial charge < -0.3 is 21.1 Å². The van der Waals surface area contributed by atoms with Gasteiger partial charge in [0.25, 0.3) is 0 Å². The van der Waals surface area contributed by atoms with Crippen molar-refractivity contribution < 1.29 is 4.74 Å². The second-order valence-electron chi connectivity index (χ2n) is 10.6. The van der Waals surface area contributed by atoms with Crippen LogP contribution in [0.3, 0.4) is 0 Å². The van der Waals surface area contributed by atoms with Gasteiger partial charge in [0.2, 0.25) is 0 Å². The molecule has 9 nitrogen and oxygen atoms in total. The van der Waals surface area contributed by atoms with Crippen LogP contribution in [0.5, 0.6) is 11.5 Å². The van der Waals surface area contributed by atoms with Gasteiger partial charge in [-0.1, -0.05) is 12.1 Å². The van der Waals surface area contributed by atoms with E-state index in [9.17, 15) is 0 Å². The number of ether oxygens (including phenoxy) is 1. The van der Waals surface area contributed by atoms with E-state index in [1.807, 2.05) is 48.5 Å². The lowest BCUT2D eigenvalue weighted by Gasteiger charge is -2.40. The maximum atomic E-state index is 6.50. The monoisotopic (exact) mass is 512 g/mol. The largest absolute Gasteiger partial charge is 0.457 e. The summed E-state index contributed by atoms with van der Waals surface area (Å²) in [6, 6.07) is 16.3. The summed E-state index contributed by atoms with van der Waals surface area (Å²) in [6.07, 6.45) is 4.56. The summed E-state index contributed by atoms with van der Waals surface area (Å²) in [7, 11) is 2.21. The number of aromatic amines is 1. The molecule has 0 spiro atoms. The lowest BCUT2D eigenvalue weighted by Crippen LogP contribution is -2.49. The number of piperazine rings is 1. The number of nitrogen functional groups attached to an aromatic ring is 1. The molecule has 0 amide bonds. The number of rotatable bonds is 6. The molecule has 6 rings (SSSR count). The molecule has 3 heterocycles. The summed E-state index contributed by atoms with van der Waals surface area (Å²) in [5, 5.41) is 8.41. The molecule has 2 fully saturated rings. The van der Waals surface area contributed by atoms with Crippen molar-refractivity contribution >= 4 is 16.9 Å². The van der Waals surface area contributed by atoms with Crippen LogP contribution in [-0.2, 0) is 6.54 Å². The minimum absolute atomic E-state index is 0.333. The topological polar surface area (TPSA) is 122 Å². The van der Waals surface area contributed by atoms with E-state index in [1.165, 1.54) is 25.9 Å². The highest BCUT2D eigenvalue weighted by molar-refractivity contribution is 5.98. The molecule has 198 valence electrons. The number of hydrogen-bond acceptors (Lipinski definition) is 8. The van der Waals surface area contributed by atoms with Crippen molar-refractivity contribution in [1.29, 1.82) is 0 Å². The maximum absolute atomic E-state index is 6.50. The van der Waals surface area contributed by atoms with Gasteiger partial charge in [-0.05, 0) is 74.7 Å². The number of nitrogens with two attached hydrogens (primary N) is 2. The maximum Gasteiger partial charge on any atom is 0.187 e. The highest BCUT2D eigenvalue weighted by atomic mass is 16.5. The van der Waals surface area contributed by atoms with E-state index >= 15 is 0 Å². The van der Waals surface area contributed by atoms with E-state index in [-0.39, 0.29) is 0 Å². The second-order valence-corrected chi connectivity index (χ2v) is 10.6. The van der Waals surface area contributed by atoms with E-state index in [0.717, 1.165) is 65.5 Å². The zero-order valence-electron chi connectivity index (χ0n) is 21.9. The standard InChI is InChI=1S/C29H36N8O/c1-36-13-15-37(16-14-36)22-9-5-21(6-10-22)28-32-27(31)25-26(34-35-29(25)33-28)20-7-11-23(12-8-20)38-24-4-2-3-19(17-24)18-30/h2-4,7-8,11-12,17,21-22H,5-6,9-10,13-16,18,30H2,1H3,(H3,31,32,33,34,35). The SMILES string of the molecule is CN1CCN(C2CCC(c3nc(N)c4c(-c5ccc(Oc6cccc(CN)c6)cc5)[nH]nc4n3)CC2)CC1. The molecule has 2 aromatic heterocycles. The Kier molecular flexibility index (Phi) is 6.97. The molecular formula is C29H36N8O. The number of likely N-dealkylation sites (N-methyl/N-ethyl adjacent to an activating group) is 1. The Morgan fingerprint density at radius 1 is 0.947 bits per heavy atom. The fourth-order valence-corrected chi connectivity index (χ4v) is 5.81. The number of benzene rings is 2. The van der Waals surface area contributed by atoms with E-state index in [2.05, 4.69) is 27.0 Å². The van der Waals surface area contributed by atoms with Gasteiger partial charge in [0.05, 0.1) is 11.1 Å². The summed E-state index contributed by atoms with van der Waals surface area (Å²) >= 11 is 0. The van der Waals surface area contributed by atoms with Gasteiger partial charge in [-0.25, -0.2) is 9.97 Å². The first-order valence-electron chi connectivity index (χ1n) is 13.6. The molecule has 0 bridgehead atoms. The van der Waals surface area contributed by atoms with Crippen LogP contribution in [0.2, 0.25) is 0 Å². The summed E-state index contributed by atoms with van der Waals surface area (Å²) in [4.78, 5) is 14.7. The van der Waals surface area contributed by atoms with Crippen molar-refractivity contribution in [2.24, 2.45) is 5.73 Å². The molecule has 2 aliphatic rings. The average Bonchev–Trinajstić information content (AvgIpc) is 3.39. The van der Waals surface area contributed by atoms with Crippen LogP contribution >= 0.6 is 0 Å². The number of fused-ring (bicyclic) bond motifs is 1. The first kappa shape index (κ1) is 24.8. The van der Waals surface area contributed by atoms with E-state index in [0.29, 0.717) is 30.0 Å². The van der Waals surface area contributed by atoms with Gasteiger partial charge in [0, 0.05) is 50.2 Å². The van der Waals surface area contributed by atoms with Gasteiger partial charge >= 0.3 is 0 Å². The van der Waals surface area contributed by atoms with Crippen molar-refractivity contribution in [2.45, 2.75) is 44.2 Å². The van der Waals surface area contributed by atoms with Crippen LogP contribution in [0.25, 0.3) is 22.3 Å². The summed E-state index contributed by atoms with van der Waals surface area (Å²) < 4.78 is 6.00. The normalized spacial score (nSPS) is 21.1. The fourth-order valence-electron chi connectivity index (χ4n) is 5.81. The summed E-state index contributed by atoms with van der Waals surface area (Å²) in [5.41, 5.74) is 15.7.